The van der Waals surface area contributed by atoms with Gasteiger partial charge in [0, 0.05) is 26.3 Å². The number of Topliss-reactive ketones (excluding diaryl/α,β-unsaturated/α-hetero) is 1. The molecule has 0 N–H and O–H groups in total. The van der Waals surface area contributed by atoms with Gasteiger partial charge in [0.05, 0.1) is 11.1 Å². The number of carbonyl (C=O) groups excluding carboxylic acids is 5. The molecule has 1 aromatic carbocycles. The molecule has 30 heavy (non-hydrogen) atoms. The Hall–Kier alpha value is -3.55. The lowest BCUT2D eigenvalue weighted by Crippen LogP contribution is -2.28. The molecule has 8 nitrogen and oxygen atoms in total. The molecule has 0 aromatic heterocycles. The number of benzene rings is 1. The van der Waals surface area contributed by atoms with Crippen molar-refractivity contribution in [2.24, 2.45) is 5.92 Å². The lowest BCUT2D eigenvalue weighted by molar-refractivity contribution is -0.142. The summed E-state index contributed by atoms with van der Waals surface area (Å²) in [5, 5.41) is 0. The van der Waals surface area contributed by atoms with Gasteiger partial charge in [0.15, 0.2) is 11.6 Å². The molecule has 0 radical (unpaired) electrons. The lowest BCUT2D eigenvalue weighted by Gasteiger charge is -2.23. The third-order valence-corrected chi connectivity index (χ3v) is 3.93. The minimum atomic E-state index is -1.11. The Morgan fingerprint density at radius 3 is 1.83 bits per heavy atom. The van der Waals surface area contributed by atoms with Crippen molar-refractivity contribution in [3.8, 4) is 11.5 Å². The molecule has 1 atom stereocenters. The number of hydrogen-bond acceptors (Lipinski definition) is 8. The maximum atomic E-state index is 13.3. The van der Waals surface area contributed by atoms with Gasteiger partial charge in [-0.2, -0.15) is 0 Å². The third-order valence-electron chi connectivity index (χ3n) is 3.93. The zero-order valence-electron chi connectivity index (χ0n) is 17.3. The second kappa shape index (κ2) is 9.30. The maximum absolute atomic E-state index is 13.3. The fourth-order valence-corrected chi connectivity index (χ4v) is 2.86. The third kappa shape index (κ3) is 5.28. The van der Waals surface area contributed by atoms with E-state index in [1.54, 1.807) is 6.08 Å². The van der Waals surface area contributed by atoms with Crippen LogP contribution in [-0.4, -0.2) is 35.6 Å². The summed E-state index contributed by atoms with van der Waals surface area (Å²) in [6.45, 7) is 7.26. The van der Waals surface area contributed by atoms with Crippen LogP contribution in [0.15, 0.2) is 35.9 Å². The highest BCUT2D eigenvalue weighted by Crippen LogP contribution is 2.37. The Morgan fingerprint density at radius 1 is 0.833 bits per heavy atom. The molecule has 0 fully saturated rings. The Labute approximate surface area is 173 Å². The first-order valence-electron chi connectivity index (χ1n) is 9.21. The topological polar surface area (TPSA) is 113 Å². The van der Waals surface area contributed by atoms with Crippen LogP contribution in [0.5, 0.6) is 11.5 Å². The smallest absolute Gasteiger partial charge is 0.308 e. The molecule has 158 valence electrons. The number of fused-ring (bicyclic) bond motifs is 1. The van der Waals surface area contributed by atoms with E-state index in [1.165, 1.54) is 25.1 Å². The van der Waals surface area contributed by atoms with Gasteiger partial charge in [-0.25, -0.2) is 0 Å². The van der Waals surface area contributed by atoms with E-state index in [0.717, 1.165) is 19.9 Å². The van der Waals surface area contributed by atoms with Gasteiger partial charge in [-0.3, -0.25) is 24.0 Å². The Balaban J connectivity index is 2.67. The highest BCUT2D eigenvalue weighted by molar-refractivity contribution is 6.27. The van der Waals surface area contributed by atoms with E-state index in [4.69, 9.17) is 14.2 Å². The van der Waals surface area contributed by atoms with E-state index in [-0.39, 0.29) is 34.1 Å². The second-order valence-electron chi connectivity index (χ2n) is 6.95. The molecule has 0 spiro atoms. The van der Waals surface area contributed by atoms with Crippen molar-refractivity contribution in [1.29, 1.82) is 0 Å². The summed E-state index contributed by atoms with van der Waals surface area (Å²) in [6.07, 6.45) is 3.16. The molecule has 1 aliphatic rings. The minimum absolute atomic E-state index is 0.0949. The SMILES string of the molecule is CC(=O)Oc1ccc(OC(C)=O)c2c1C(=O)C=C(C(/C=C/C(C)C)OC(C)=O)C2=O. The molecular weight excluding hydrogens is 392 g/mol. The van der Waals surface area contributed by atoms with Crippen LogP contribution in [-0.2, 0) is 19.1 Å². The normalized spacial score (nSPS) is 14.3. The van der Waals surface area contributed by atoms with Crippen molar-refractivity contribution in [2.45, 2.75) is 40.7 Å². The fourth-order valence-electron chi connectivity index (χ4n) is 2.86. The molecule has 2 rings (SSSR count). The zero-order valence-corrected chi connectivity index (χ0v) is 17.3. The van der Waals surface area contributed by atoms with Gasteiger partial charge in [-0.05, 0) is 30.2 Å². The highest BCUT2D eigenvalue weighted by atomic mass is 16.5. The van der Waals surface area contributed by atoms with E-state index in [0.29, 0.717) is 0 Å². The standard InChI is InChI=1S/C22H22O8/c1-11(2)6-7-17(28-12(3)23)15-10-16(26)20-18(29-13(4)24)8-9-19(30-14(5)25)21(20)22(15)27/h6-11,17H,1-5H3/b7-6+. The van der Waals surface area contributed by atoms with Gasteiger partial charge in [-0.15, -0.1) is 0 Å². The fraction of sp³-hybridized carbons (Fsp3) is 0.318. The van der Waals surface area contributed by atoms with Crippen molar-refractivity contribution >= 4 is 29.5 Å². The van der Waals surface area contributed by atoms with Gasteiger partial charge >= 0.3 is 17.9 Å². The molecule has 1 unspecified atom stereocenters. The van der Waals surface area contributed by atoms with Crippen molar-refractivity contribution in [3.63, 3.8) is 0 Å². The molecular formula is C22H22O8. The van der Waals surface area contributed by atoms with Gasteiger partial charge in [0.1, 0.15) is 17.6 Å². The number of ether oxygens (including phenoxy) is 3. The number of carbonyl (C=O) groups is 5. The van der Waals surface area contributed by atoms with Crippen LogP contribution >= 0.6 is 0 Å². The van der Waals surface area contributed by atoms with Crippen LogP contribution in [0.4, 0.5) is 0 Å². The number of ketones is 2. The predicted octanol–water partition coefficient (Wildman–Crippen LogP) is 2.99. The van der Waals surface area contributed by atoms with E-state index in [1.807, 2.05) is 13.8 Å². The molecule has 0 saturated heterocycles. The monoisotopic (exact) mass is 414 g/mol. The summed E-state index contributed by atoms with van der Waals surface area (Å²) >= 11 is 0. The molecule has 0 bridgehead atoms. The van der Waals surface area contributed by atoms with Crippen LogP contribution in [0, 0.1) is 5.92 Å². The molecule has 1 aromatic rings. The quantitative estimate of drug-likeness (QED) is 0.397. The maximum Gasteiger partial charge on any atom is 0.308 e. The molecule has 0 amide bonds. The highest BCUT2D eigenvalue weighted by Gasteiger charge is 2.36. The first-order chi connectivity index (χ1) is 14.0. The first-order valence-corrected chi connectivity index (χ1v) is 9.21. The second-order valence-corrected chi connectivity index (χ2v) is 6.95. The first kappa shape index (κ1) is 22.7. The summed E-state index contributed by atoms with van der Waals surface area (Å²) < 4.78 is 15.4. The van der Waals surface area contributed by atoms with E-state index in [9.17, 15) is 24.0 Å². The number of rotatable bonds is 6. The molecule has 0 heterocycles. The van der Waals surface area contributed by atoms with E-state index >= 15 is 0 Å². The van der Waals surface area contributed by atoms with Crippen molar-refractivity contribution in [2.75, 3.05) is 0 Å². The van der Waals surface area contributed by atoms with E-state index < -0.39 is 35.6 Å². The Kier molecular flexibility index (Phi) is 7.05. The molecule has 0 saturated carbocycles. The number of hydrogen-bond donors (Lipinski definition) is 0. The largest absolute Gasteiger partial charge is 0.453 e. The van der Waals surface area contributed by atoms with Crippen LogP contribution < -0.4 is 9.47 Å². The minimum Gasteiger partial charge on any atom is -0.453 e. The summed E-state index contributed by atoms with van der Waals surface area (Å²) in [5.74, 6) is -3.58. The van der Waals surface area contributed by atoms with Gasteiger partial charge < -0.3 is 14.2 Å². The van der Waals surface area contributed by atoms with Gasteiger partial charge in [0.2, 0.25) is 0 Å². The van der Waals surface area contributed by atoms with Gasteiger partial charge in [-0.1, -0.05) is 19.9 Å². The van der Waals surface area contributed by atoms with Gasteiger partial charge in [0.25, 0.3) is 0 Å². The summed E-state index contributed by atoms with van der Waals surface area (Å²) in [4.78, 5) is 60.6. The van der Waals surface area contributed by atoms with Crippen molar-refractivity contribution < 1.29 is 38.2 Å². The number of allylic oxidation sites excluding steroid dienone is 2. The van der Waals surface area contributed by atoms with Crippen LogP contribution in [0.25, 0.3) is 0 Å². The lowest BCUT2D eigenvalue weighted by atomic mass is 9.85. The summed E-state index contributed by atoms with van der Waals surface area (Å²) in [6, 6.07) is 2.53. The average molecular weight is 414 g/mol. The van der Waals surface area contributed by atoms with Crippen molar-refractivity contribution in [3.05, 3.63) is 47.1 Å². The molecule has 0 aliphatic heterocycles. The van der Waals surface area contributed by atoms with Crippen LogP contribution in [0.3, 0.4) is 0 Å². The zero-order chi connectivity index (χ0) is 22.6. The molecule has 1 aliphatic carbocycles. The van der Waals surface area contributed by atoms with Crippen LogP contribution in [0.1, 0.15) is 55.3 Å². The van der Waals surface area contributed by atoms with Crippen molar-refractivity contribution in [1.82, 2.24) is 0 Å². The summed E-state index contributed by atoms with van der Waals surface area (Å²) in [5.41, 5.74) is -0.540. The summed E-state index contributed by atoms with van der Waals surface area (Å²) in [7, 11) is 0. The number of esters is 3. The average Bonchev–Trinajstić information content (AvgIpc) is 2.61. The van der Waals surface area contributed by atoms with Crippen LogP contribution in [0.2, 0.25) is 0 Å². The Morgan fingerprint density at radius 2 is 1.37 bits per heavy atom. The Bertz CT molecular complexity index is 981. The van der Waals surface area contributed by atoms with E-state index in [2.05, 4.69) is 0 Å². The predicted molar refractivity (Wildman–Crippen MR) is 105 cm³/mol. The molecule has 8 heteroatoms.